The molecule has 1 aliphatic rings. The average Bonchev–Trinajstić information content (AvgIpc) is 2.06. The number of hydrogen-bond donors (Lipinski definition) is 2. The van der Waals surface area contributed by atoms with Gasteiger partial charge in [-0.3, -0.25) is 10.1 Å². The monoisotopic (exact) mass is 244 g/mol. The van der Waals surface area contributed by atoms with E-state index in [1.807, 2.05) is 20.8 Å². The average molecular weight is 244 g/mol. The van der Waals surface area contributed by atoms with Gasteiger partial charge in [-0.15, -0.1) is 0 Å². The molecule has 1 unspecified atom stereocenters. The predicted octanol–water partition coefficient (Wildman–Crippen LogP) is 0.668. The number of rotatable bonds is 3. The van der Waals surface area contributed by atoms with E-state index in [2.05, 4.69) is 5.32 Å². The third-order valence-corrected chi connectivity index (χ3v) is 2.39. The van der Waals surface area contributed by atoms with Gasteiger partial charge in [-0.25, -0.2) is 4.79 Å². The Hall–Kier alpha value is -1.30. The lowest BCUT2D eigenvalue weighted by Gasteiger charge is -2.40. The number of amides is 1. The molecule has 0 aromatic rings. The molecule has 17 heavy (non-hydrogen) atoms. The Morgan fingerprint density at radius 2 is 1.94 bits per heavy atom. The first kappa shape index (κ1) is 13.8. The molecular formula is C11H20N2O4. The molecule has 1 rings (SSSR count). The topological polar surface area (TPSA) is 78.9 Å². The minimum Gasteiger partial charge on any atom is -0.480 e. The maximum atomic E-state index is 11.6. The Balaban J connectivity index is 2.27. The fourth-order valence-electron chi connectivity index (χ4n) is 1.48. The molecule has 0 radical (unpaired) electrons. The fraction of sp³-hybridized carbons (Fsp3) is 0.818. The minimum atomic E-state index is -0.888. The van der Waals surface area contributed by atoms with Crippen molar-refractivity contribution in [1.29, 1.82) is 0 Å². The minimum absolute atomic E-state index is 0.0358. The number of carbonyl (C=O) groups excluding carboxylic acids is 1. The van der Waals surface area contributed by atoms with Crippen LogP contribution in [-0.4, -0.2) is 52.8 Å². The number of carboxylic acid groups (broad SMARTS) is 1. The predicted molar refractivity (Wildman–Crippen MR) is 61.8 cm³/mol. The lowest BCUT2D eigenvalue weighted by molar-refractivity contribution is -0.139. The summed E-state index contributed by atoms with van der Waals surface area (Å²) in [6.45, 7) is 8.00. The van der Waals surface area contributed by atoms with Gasteiger partial charge < -0.3 is 14.7 Å². The molecule has 1 atom stereocenters. The third-order valence-electron chi connectivity index (χ3n) is 2.39. The molecule has 1 amide bonds. The molecule has 0 bridgehead atoms. The van der Waals surface area contributed by atoms with Crippen molar-refractivity contribution in [3.63, 3.8) is 0 Å². The van der Waals surface area contributed by atoms with Crippen LogP contribution in [0.4, 0.5) is 4.79 Å². The van der Waals surface area contributed by atoms with Crippen LogP contribution < -0.4 is 5.32 Å². The quantitative estimate of drug-likeness (QED) is 0.762. The van der Waals surface area contributed by atoms with Gasteiger partial charge in [0.15, 0.2) is 0 Å². The summed E-state index contributed by atoms with van der Waals surface area (Å²) in [5.41, 5.74) is -0.496. The molecular weight excluding hydrogens is 224 g/mol. The summed E-state index contributed by atoms with van der Waals surface area (Å²) in [6, 6.07) is -0.561. The van der Waals surface area contributed by atoms with E-state index >= 15 is 0 Å². The lowest BCUT2D eigenvalue weighted by atomic mass is 10.1. The van der Waals surface area contributed by atoms with Crippen molar-refractivity contribution in [2.75, 3.05) is 13.1 Å². The highest BCUT2D eigenvalue weighted by atomic mass is 16.6. The standard InChI is InChI=1S/C11H20N2O4/c1-7(9(14)15)12-8-5-13(6-8)10(16)17-11(2,3)4/h7-8,12H,5-6H2,1-4H3,(H,14,15). The Bertz CT molecular complexity index is 305. The van der Waals surface area contributed by atoms with Gasteiger partial charge in [-0.2, -0.15) is 0 Å². The number of hydrogen-bond acceptors (Lipinski definition) is 4. The maximum Gasteiger partial charge on any atom is 0.410 e. The smallest absolute Gasteiger partial charge is 0.410 e. The zero-order valence-electron chi connectivity index (χ0n) is 10.7. The van der Waals surface area contributed by atoms with Crippen molar-refractivity contribution >= 4 is 12.1 Å². The number of carbonyl (C=O) groups is 2. The van der Waals surface area contributed by atoms with E-state index in [1.54, 1.807) is 11.8 Å². The molecule has 6 nitrogen and oxygen atoms in total. The number of carboxylic acids is 1. The summed E-state index contributed by atoms with van der Waals surface area (Å²) in [5.74, 6) is -0.888. The number of likely N-dealkylation sites (tertiary alicyclic amines) is 1. The van der Waals surface area contributed by atoms with Gasteiger partial charge in [0.25, 0.3) is 0 Å². The van der Waals surface area contributed by atoms with Crippen molar-refractivity contribution in [2.45, 2.75) is 45.4 Å². The first-order valence-electron chi connectivity index (χ1n) is 5.66. The zero-order valence-corrected chi connectivity index (χ0v) is 10.7. The third kappa shape index (κ3) is 4.22. The molecule has 0 aromatic heterocycles. The molecule has 98 valence electrons. The van der Waals surface area contributed by atoms with Crippen molar-refractivity contribution < 1.29 is 19.4 Å². The molecule has 0 spiro atoms. The first-order chi connectivity index (χ1) is 7.69. The highest BCUT2D eigenvalue weighted by Gasteiger charge is 2.34. The SMILES string of the molecule is CC(NC1CN(C(=O)OC(C)(C)C)C1)C(=O)O. The molecule has 1 fully saturated rings. The van der Waals surface area contributed by atoms with Crippen molar-refractivity contribution in [1.82, 2.24) is 10.2 Å². The highest BCUT2D eigenvalue weighted by Crippen LogP contribution is 2.15. The number of nitrogens with one attached hydrogen (secondary N) is 1. The molecule has 1 heterocycles. The molecule has 0 aromatic carbocycles. The second kappa shape index (κ2) is 4.91. The van der Waals surface area contributed by atoms with Crippen LogP contribution in [0.2, 0.25) is 0 Å². The summed E-state index contributed by atoms with van der Waals surface area (Å²) in [5, 5.41) is 11.6. The second-order valence-corrected chi connectivity index (χ2v) is 5.31. The maximum absolute atomic E-state index is 11.6. The molecule has 0 aliphatic carbocycles. The van der Waals surface area contributed by atoms with Crippen LogP contribution in [0, 0.1) is 0 Å². The molecule has 0 saturated carbocycles. The van der Waals surface area contributed by atoms with E-state index in [-0.39, 0.29) is 12.1 Å². The van der Waals surface area contributed by atoms with E-state index < -0.39 is 17.6 Å². The second-order valence-electron chi connectivity index (χ2n) is 5.31. The Labute approximate surface area is 101 Å². The highest BCUT2D eigenvalue weighted by molar-refractivity contribution is 5.73. The van der Waals surface area contributed by atoms with E-state index in [1.165, 1.54) is 0 Å². The van der Waals surface area contributed by atoms with E-state index in [0.717, 1.165) is 0 Å². The summed E-state index contributed by atoms with van der Waals surface area (Å²) < 4.78 is 5.19. The Morgan fingerprint density at radius 1 is 1.41 bits per heavy atom. The van der Waals surface area contributed by atoms with E-state index in [0.29, 0.717) is 13.1 Å². The van der Waals surface area contributed by atoms with Crippen molar-refractivity contribution in [2.24, 2.45) is 0 Å². The van der Waals surface area contributed by atoms with Crippen molar-refractivity contribution in [3.8, 4) is 0 Å². The van der Waals surface area contributed by atoms with Crippen LogP contribution in [0.3, 0.4) is 0 Å². The zero-order chi connectivity index (χ0) is 13.2. The molecule has 1 aliphatic heterocycles. The molecule has 2 N–H and O–H groups in total. The van der Waals surface area contributed by atoms with Gasteiger partial charge in [-0.1, -0.05) is 0 Å². The summed E-state index contributed by atoms with van der Waals surface area (Å²) in [7, 11) is 0. The van der Waals surface area contributed by atoms with Gasteiger partial charge in [0.2, 0.25) is 0 Å². The van der Waals surface area contributed by atoms with Crippen LogP contribution in [0.5, 0.6) is 0 Å². The van der Waals surface area contributed by atoms with Crippen LogP contribution >= 0.6 is 0 Å². The van der Waals surface area contributed by atoms with Crippen LogP contribution in [0.25, 0.3) is 0 Å². The Morgan fingerprint density at radius 3 is 2.35 bits per heavy atom. The van der Waals surface area contributed by atoms with Gasteiger partial charge in [0.05, 0.1) is 0 Å². The number of aliphatic carboxylic acids is 1. The number of ether oxygens (including phenoxy) is 1. The van der Waals surface area contributed by atoms with Crippen LogP contribution in [0.1, 0.15) is 27.7 Å². The van der Waals surface area contributed by atoms with Gasteiger partial charge in [0.1, 0.15) is 11.6 Å². The molecule has 1 saturated heterocycles. The van der Waals surface area contributed by atoms with Gasteiger partial charge in [-0.05, 0) is 27.7 Å². The van der Waals surface area contributed by atoms with Crippen molar-refractivity contribution in [3.05, 3.63) is 0 Å². The summed E-state index contributed by atoms with van der Waals surface area (Å²) in [6.07, 6.45) is -0.349. The summed E-state index contributed by atoms with van der Waals surface area (Å²) >= 11 is 0. The fourth-order valence-corrected chi connectivity index (χ4v) is 1.48. The normalized spacial score (nSPS) is 18.5. The van der Waals surface area contributed by atoms with Gasteiger partial charge in [0, 0.05) is 19.1 Å². The van der Waals surface area contributed by atoms with Crippen LogP contribution in [0.15, 0.2) is 0 Å². The first-order valence-corrected chi connectivity index (χ1v) is 5.66. The summed E-state index contributed by atoms with van der Waals surface area (Å²) in [4.78, 5) is 23.7. The van der Waals surface area contributed by atoms with Gasteiger partial charge >= 0.3 is 12.1 Å². The largest absolute Gasteiger partial charge is 0.480 e. The number of nitrogens with zero attached hydrogens (tertiary/aromatic N) is 1. The lowest BCUT2D eigenvalue weighted by Crippen LogP contribution is -2.62. The Kier molecular flexibility index (Phi) is 3.98. The van der Waals surface area contributed by atoms with E-state index in [9.17, 15) is 9.59 Å². The molecule has 6 heteroatoms. The van der Waals surface area contributed by atoms with E-state index in [4.69, 9.17) is 9.84 Å². The van der Waals surface area contributed by atoms with Crippen LogP contribution in [-0.2, 0) is 9.53 Å².